The highest BCUT2D eigenvalue weighted by Crippen LogP contribution is 2.19. The SMILES string of the molecule is CC(N)C(C)Oc1ccc(F)cc1F. The van der Waals surface area contributed by atoms with Crippen molar-refractivity contribution in [3.63, 3.8) is 0 Å². The summed E-state index contributed by atoms with van der Waals surface area (Å²) in [7, 11) is 0. The molecule has 0 aliphatic rings. The Labute approximate surface area is 81.7 Å². The highest BCUT2D eigenvalue weighted by molar-refractivity contribution is 5.24. The number of rotatable bonds is 3. The van der Waals surface area contributed by atoms with Crippen molar-refractivity contribution in [1.82, 2.24) is 0 Å². The van der Waals surface area contributed by atoms with Crippen molar-refractivity contribution in [1.29, 1.82) is 0 Å². The third-order valence-electron chi connectivity index (χ3n) is 1.95. The van der Waals surface area contributed by atoms with Crippen LogP contribution in [0.2, 0.25) is 0 Å². The summed E-state index contributed by atoms with van der Waals surface area (Å²) in [6, 6.07) is 2.97. The Bertz CT molecular complexity index is 315. The van der Waals surface area contributed by atoms with E-state index in [0.717, 1.165) is 12.1 Å². The van der Waals surface area contributed by atoms with Crippen molar-refractivity contribution in [2.24, 2.45) is 5.73 Å². The lowest BCUT2D eigenvalue weighted by molar-refractivity contribution is 0.188. The molecule has 0 saturated heterocycles. The summed E-state index contributed by atoms with van der Waals surface area (Å²) in [4.78, 5) is 0. The fourth-order valence-electron chi connectivity index (χ4n) is 0.878. The second-order valence-electron chi connectivity index (χ2n) is 3.26. The van der Waals surface area contributed by atoms with E-state index in [1.807, 2.05) is 0 Å². The van der Waals surface area contributed by atoms with Crippen LogP contribution in [-0.2, 0) is 0 Å². The Hall–Kier alpha value is -1.16. The first kappa shape index (κ1) is 10.9. The first-order valence-electron chi connectivity index (χ1n) is 4.38. The van der Waals surface area contributed by atoms with Gasteiger partial charge in [0, 0.05) is 12.1 Å². The standard InChI is InChI=1S/C10H13F2NO/c1-6(13)7(2)14-10-4-3-8(11)5-9(10)12/h3-7H,13H2,1-2H3. The van der Waals surface area contributed by atoms with Crippen LogP contribution in [0.3, 0.4) is 0 Å². The highest BCUT2D eigenvalue weighted by atomic mass is 19.1. The van der Waals surface area contributed by atoms with Gasteiger partial charge in [-0.25, -0.2) is 8.78 Å². The molecule has 14 heavy (non-hydrogen) atoms. The zero-order valence-electron chi connectivity index (χ0n) is 8.13. The molecular formula is C10H13F2NO. The molecule has 1 rings (SSSR count). The van der Waals surface area contributed by atoms with Gasteiger partial charge in [0.05, 0.1) is 0 Å². The van der Waals surface area contributed by atoms with Gasteiger partial charge in [-0.1, -0.05) is 0 Å². The molecule has 0 spiro atoms. The minimum Gasteiger partial charge on any atom is -0.486 e. The molecule has 78 valence electrons. The maximum atomic E-state index is 13.1. The summed E-state index contributed by atoms with van der Waals surface area (Å²) >= 11 is 0. The average molecular weight is 201 g/mol. The van der Waals surface area contributed by atoms with Crippen LogP contribution in [0.5, 0.6) is 5.75 Å². The lowest BCUT2D eigenvalue weighted by Crippen LogP contribution is -2.33. The summed E-state index contributed by atoms with van der Waals surface area (Å²) in [6.45, 7) is 3.49. The van der Waals surface area contributed by atoms with Crippen molar-refractivity contribution >= 4 is 0 Å². The van der Waals surface area contributed by atoms with Gasteiger partial charge in [0.1, 0.15) is 11.9 Å². The van der Waals surface area contributed by atoms with E-state index < -0.39 is 11.6 Å². The molecule has 0 aromatic heterocycles. The summed E-state index contributed by atoms with van der Waals surface area (Å²) in [5, 5.41) is 0. The van der Waals surface area contributed by atoms with Gasteiger partial charge in [-0.3, -0.25) is 0 Å². The van der Waals surface area contributed by atoms with Gasteiger partial charge in [-0.15, -0.1) is 0 Å². The van der Waals surface area contributed by atoms with Crippen LogP contribution >= 0.6 is 0 Å². The molecule has 1 aromatic rings. The number of hydrogen-bond acceptors (Lipinski definition) is 2. The fraction of sp³-hybridized carbons (Fsp3) is 0.400. The molecule has 0 saturated carbocycles. The summed E-state index contributed by atoms with van der Waals surface area (Å²) in [6.07, 6.45) is -0.310. The van der Waals surface area contributed by atoms with Crippen LogP contribution in [0.25, 0.3) is 0 Å². The van der Waals surface area contributed by atoms with Crippen molar-refractivity contribution in [2.45, 2.75) is 26.0 Å². The molecule has 4 heteroatoms. The van der Waals surface area contributed by atoms with E-state index in [9.17, 15) is 8.78 Å². The zero-order valence-corrected chi connectivity index (χ0v) is 8.13. The summed E-state index contributed by atoms with van der Waals surface area (Å²) in [5.41, 5.74) is 5.54. The van der Waals surface area contributed by atoms with Gasteiger partial charge in [-0.05, 0) is 26.0 Å². The molecule has 0 radical (unpaired) electrons. The molecule has 0 heterocycles. The van der Waals surface area contributed by atoms with E-state index in [1.165, 1.54) is 6.07 Å². The molecule has 0 amide bonds. The van der Waals surface area contributed by atoms with Gasteiger partial charge in [0.25, 0.3) is 0 Å². The molecule has 2 atom stereocenters. The number of hydrogen-bond donors (Lipinski definition) is 1. The van der Waals surface area contributed by atoms with Crippen molar-refractivity contribution in [3.8, 4) is 5.75 Å². The Morgan fingerprint density at radius 2 is 1.93 bits per heavy atom. The number of nitrogens with two attached hydrogens (primary N) is 1. The molecule has 0 aliphatic heterocycles. The van der Waals surface area contributed by atoms with E-state index in [0.29, 0.717) is 0 Å². The summed E-state index contributed by atoms with van der Waals surface area (Å²) in [5.74, 6) is -1.31. The second kappa shape index (κ2) is 4.37. The Balaban J connectivity index is 2.77. The van der Waals surface area contributed by atoms with E-state index in [1.54, 1.807) is 13.8 Å². The topological polar surface area (TPSA) is 35.2 Å². The van der Waals surface area contributed by atoms with E-state index in [-0.39, 0.29) is 17.9 Å². The number of halogens is 2. The van der Waals surface area contributed by atoms with Gasteiger partial charge in [0.15, 0.2) is 11.6 Å². The first-order valence-corrected chi connectivity index (χ1v) is 4.38. The molecular weight excluding hydrogens is 188 g/mol. The van der Waals surface area contributed by atoms with Gasteiger partial charge >= 0.3 is 0 Å². The average Bonchev–Trinajstić information content (AvgIpc) is 2.09. The largest absolute Gasteiger partial charge is 0.486 e. The molecule has 0 bridgehead atoms. The van der Waals surface area contributed by atoms with Gasteiger partial charge in [0.2, 0.25) is 0 Å². The van der Waals surface area contributed by atoms with Crippen LogP contribution in [0.1, 0.15) is 13.8 Å². The van der Waals surface area contributed by atoms with Gasteiger partial charge < -0.3 is 10.5 Å². The molecule has 2 unspecified atom stereocenters. The van der Waals surface area contributed by atoms with E-state index in [2.05, 4.69) is 0 Å². The summed E-state index contributed by atoms with van der Waals surface area (Å²) < 4.78 is 30.8. The molecule has 0 fully saturated rings. The van der Waals surface area contributed by atoms with Crippen LogP contribution in [-0.4, -0.2) is 12.1 Å². The first-order chi connectivity index (χ1) is 6.50. The highest BCUT2D eigenvalue weighted by Gasteiger charge is 2.12. The molecule has 0 aliphatic carbocycles. The van der Waals surface area contributed by atoms with Crippen molar-refractivity contribution < 1.29 is 13.5 Å². The third kappa shape index (κ3) is 2.67. The zero-order chi connectivity index (χ0) is 10.7. The Kier molecular flexibility index (Phi) is 3.41. The molecule has 2 nitrogen and oxygen atoms in total. The van der Waals surface area contributed by atoms with Crippen LogP contribution < -0.4 is 10.5 Å². The number of benzene rings is 1. The lowest BCUT2D eigenvalue weighted by Gasteiger charge is -2.18. The molecule has 1 aromatic carbocycles. The third-order valence-corrected chi connectivity index (χ3v) is 1.95. The van der Waals surface area contributed by atoms with Crippen LogP contribution in [0, 0.1) is 11.6 Å². The number of ether oxygens (including phenoxy) is 1. The van der Waals surface area contributed by atoms with Crippen LogP contribution in [0.4, 0.5) is 8.78 Å². The second-order valence-corrected chi connectivity index (χ2v) is 3.26. The van der Waals surface area contributed by atoms with Crippen LogP contribution in [0.15, 0.2) is 18.2 Å². The maximum absolute atomic E-state index is 13.1. The lowest BCUT2D eigenvalue weighted by atomic mass is 10.2. The minimum absolute atomic E-state index is 0.0243. The predicted octanol–water partition coefficient (Wildman–Crippen LogP) is 2.08. The Morgan fingerprint density at radius 3 is 2.43 bits per heavy atom. The quantitative estimate of drug-likeness (QED) is 0.812. The minimum atomic E-state index is -0.711. The van der Waals surface area contributed by atoms with E-state index in [4.69, 9.17) is 10.5 Å². The Morgan fingerprint density at radius 1 is 1.29 bits per heavy atom. The smallest absolute Gasteiger partial charge is 0.167 e. The normalized spacial score (nSPS) is 14.9. The monoisotopic (exact) mass is 201 g/mol. The van der Waals surface area contributed by atoms with Crippen molar-refractivity contribution in [2.75, 3.05) is 0 Å². The molecule has 2 N–H and O–H groups in total. The van der Waals surface area contributed by atoms with Gasteiger partial charge in [-0.2, -0.15) is 0 Å². The maximum Gasteiger partial charge on any atom is 0.167 e. The predicted molar refractivity (Wildman–Crippen MR) is 50.1 cm³/mol. The fourth-order valence-corrected chi connectivity index (χ4v) is 0.878. The van der Waals surface area contributed by atoms with Crippen molar-refractivity contribution in [3.05, 3.63) is 29.8 Å². The van der Waals surface area contributed by atoms with E-state index >= 15 is 0 Å².